The SMILES string of the molecule is C[C@@H]1CC[C@H]2C(CBr)=C(C(F)(F)F)O[C@@H]3OC4(C)CC[C@@H]1C32OO4. The summed E-state index contributed by atoms with van der Waals surface area (Å²) in [5.41, 5.74) is -0.806. The minimum Gasteiger partial charge on any atom is -0.456 e. The monoisotopic (exact) mass is 412 g/mol. The number of hydrogen-bond donors (Lipinski definition) is 0. The van der Waals surface area contributed by atoms with Crippen molar-refractivity contribution in [2.45, 2.75) is 63.4 Å². The molecule has 8 heteroatoms. The molecule has 24 heavy (non-hydrogen) atoms. The van der Waals surface area contributed by atoms with E-state index < -0.39 is 35.5 Å². The third-order valence-electron chi connectivity index (χ3n) is 6.06. The fourth-order valence-corrected chi connectivity index (χ4v) is 5.54. The number of ether oxygens (including phenoxy) is 2. The summed E-state index contributed by atoms with van der Waals surface area (Å²) in [7, 11) is 0. The Balaban J connectivity index is 1.88. The van der Waals surface area contributed by atoms with Crippen molar-refractivity contribution in [2.24, 2.45) is 17.8 Å². The van der Waals surface area contributed by atoms with Gasteiger partial charge in [0.15, 0.2) is 5.60 Å². The molecule has 0 amide bonds. The van der Waals surface area contributed by atoms with E-state index in [9.17, 15) is 13.2 Å². The Morgan fingerprint density at radius 1 is 1.21 bits per heavy atom. The molecular formula is C16H20BrF3O4. The van der Waals surface area contributed by atoms with Gasteiger partial charge in [-0.3, -0.25) is 0 Å². The molecular weight excluding hydrogens is 393 g/mol. The van der Waals surface area contributed by atoms with Gasteiger partial charge in [0, 0.05) is 23.6 Å². The Bertz CT molecular complexity index is 580. The minimum atomic E-state index is -4.56. The van der Waals surface area contributed by atoms with Gasteiger partial charge in [-0.15, -0.1) is 0 Å². The van der Waals surface area contributed by atoms with Crippen molar-refractivity contribution in [2.75, 3.05) is 5.33 Å². The van der Waals surface area contributed by atoms with Crippen molar-refractivity contribution in [3.05, 3.63) is 11.3 Å². The molecule has 3 saturated heterocycles. The molecule has 0 aromatic heterocycles. The number of fused-ring (bicyclic) bond motifs is 2. The number of alkyl halides is 4. The second-order valence-electron chi connectivity index (χ2n) is 7.46. The maximum Gasteiger partial charge on any atom is 0.449 e. The fourth-order valence-electron chi connectivity index (χ4n) is 4.89. The molecule has 2 bridgehead atoms. The molecule has 1 spiro atoms. The first kappa shape index (κ1) is 17.1. The summed E-state index contributed by atoms with van der Waals surface area (Å²) in [6.45, 7) is 3.81. The average molecular weight is 413 g/mol. The van der Waals surface area contributed by atoms with Crippen molar-refractivity contribution >= 4 is 15.9 Å². The maximum atomic E-state index is 13.5. The number of hydrogen-bond acceptors (Lipinski definition) is 4. The average Bonchev–Trinajstić information content (AvgIpc) is 2.74. The summed E-state index contributed by atoms with van der Waals surface area (Å²) < 4.78 is 51.9. The van der Waals surface area contributed by atoms with Crippen LogP contribution in [0.2, 0.25) is 0 Å². The molecule has 0 radical (unpaired) electrons. The summed E-state index contributed by atoms with van der Waals surface area (Å²) in [5, 5.41) is 0.0860. The zero-order chi connectivity index (χ0) is 17.3. The Kier molecular flexibility index (Phi) is 3.81. The molecule has 1 aliphatic carbocycles. The fraction of sp³-hybridized carbons (Fsp3) is 0.875. The molecule has 4 nitrogen and oxygen atoms in total. The van der Waals surface area contributed by atoms with Crippen LogP contribution >= 0.6 is 15.9 Å². The van der Waals surface area contributed by atoms with Crippen molar-refractivity contribution in [3.8, 4) is 0 Å². The van der Waals surface area contributed by atoms with E-state index in [1.54, 1.807) is 6.92 Å². The van der Waals surface area contributed by atoms with Gasteiger partial charge in [0.1, 0.15) is 0 Å². The molecule has 2 unspecified atom stereocenters. The lowest BCUT2D eigenvalue weighted by atomic mass is 9.59. The van der Waals surface area contributed by atoms with Gasteiger partial charge in [-0.2, -0.15) is 13.2 Å². The van der Waals surface area contributed by atoms with E-state index in [2.05, 4.69) is 22.9 Å². The van der Waals surface area contributed by atoms with Gasteiger partial charge in [0.05, 0.1) is 0 Å². The van der Waals surface area contributed by atoms with Crippen LogP contribution in [0.5, 0.6) is 0 Å². The Morgan fingerprint density at radius 2 is 1.96 bits per heavy atom. The van der Waals surface area contributed by atoms with Crippen molar-refractivity contribution in [1.29, 1.82) is 0 Å². The first-order valence-electron chi connectivity index (χ1n) is 8.29. The molecule has 0 aromatic carbocycles. The van der Waals surface area contributed by atoms with Gasteiger partial charge in [0.2, 0.25) is 17.8 Å². The summed E-state index contributed by atoms with van der Waals surface area (Å²) in [5.74, 6) is -2.09. The highest BCUT2D eigenvalue weighted by Crippen LogP contribution is 2.61. The molecule has 1 saturated carbocycles. The van der Waals surface area contributed by atoms with Crippen LogP contribution in [0.25, 0.3) is 0 Å². The van der Waals surface area contributed by atoms with Gasteiger partial charge in [0.25, 0.3) is 0 Å². The van der Waals surface area contributed by atoms with Crippen LogP contribution in [-0.2, 0) is 19.2 Å². The molecule has 136 valence electrons. The van der Waals surface area contributed by atoms with Crippen molar-refractivity contribution in [1.82, 2.24) is 0 Å². The number of allylic oxidation sites excluding steroid dienone is 1. The lowest BCUT2D eigenvalue weighted by Gasteiger charge is -2.57. The van der Waals surface area contributed by atoms with Crippen LogP contribution in [0.15, 0.2) is 11.3 Å². The number of rotatable bonds is 1. The van der Waals surface area contributed by atoms with Crippen molar-refractivity contribution < 1.29 is 32.4 Å². The Hall–Kier alpha value is -0.310. The first-order valence-corrected chi connectivity index (χ1v) is 9.41. The summed E-state index contributed by atoms with van der Waals surface area (Å²) in [6, 6.07) is 0. The second kappa shape index (κ2) is 5.34. The lowest BCUT2D eigenvalue weighted by Crippen LogP contribution is -2.67. The van der Waals surface area contributed by atoms with E-state index in [0.717, 1.165) is 12.8 Å². The highest BCUT2D eigenvalue weighted by molar-refractivity contribution is 9.09. The maximum absolute atomic E-state index is 13.5. The molecule has 5 aliphatic rings. The minimum absolute atomic E-state index is 0.0365. The van der Waals surface area contributed by atoms with Crippen LogP contribution in [0.3, 0.4) is 0 Å². The molecule has 5 rings (SSSR count). The highest BCUT2D eigenvalue weighted by Gasteiger charge is 2.69. The van der Waals surface area contributed by atoms with Crippen LogP contribution in [0, 0.1) is 17.8 Å². The van der Waals surface area contributed by atoms with Crippen molar-refractivity contribution in [3.63, 3.8) is 0 Å². The Morgan fingerprint density at radius 3 is 2.62 bits per heavy atom. The van der Waals surface area contributed by atoms with E-state index >= 15 is 0 Å². The van der Waals surface area contributed by atoms with Crippen LogP contribution in [0.4, 0.5) is 13.2 Å². The topological polar surface area (TPSA) is 36.9 Å². The summed E-state index contributed by atoms with van der Waals surface area (Å²) >= 11 is 3.22. The van der Waals surface area contributed by atoms with Gasteiger partial charge >= 0.3 is 6.18 Å². The molecule has 4 heterocycles. The predicted octanol–water partition coefficient (Wildman–Crippen LogP) is 4.44. The largest absolute Gasteiger partial charge is 0.456 e. The quantitative estimate of drug-likeness (QED) is 0.471. The van der Waals surface area contributed by atoms with E-state index in [4.69, 9.17) is 19.2 Å². The zero-order valence-electron chi connectivity index (χ0n) is 13.5. The molecule has 4 fully saturated rings. The van der Waals surface area contributed by atoms with Gasteiger partial charge in [-0.05, 0) is 37.7 Å². The van der Waals surface area contributed by atoms with Crippen LogP contribution < -0.4 is 0 Å². The summed E-state index contributed by atoms with van der Waals surface area (Å²) in [4.78, 5) is 11.4. The third kappa shape index (κ3) is 2.22. The molecule has 4 aliphatic heterocycles. The molecule has 0 N–H and O–H groups in total. The zero-order valence-corrected chi connectivity index (χ0v) is 15.1. The first-order chi connectivity index (χ1) is 11.2. The Labute approximate surface area is 146 Å². The van der Waals surface area contributed by atoms with Gasteiger partial charge < -0.3 is 9.47 Å². The smallest absolute Gasteiger partial charge is 0.449 e. The van der Waals surface area contributed by atoms with E-state index in [1.807, 2.05) is 0 Å². The third-order valence-corrected chi connectivity index (χ3v) is 6.66. The molecule has 0 aromatic rings. The standard InChI is InChI=1S/C16H20BrF3O4/c1-8-3-4-11-9(7-17)12(16(18,19)20)21-13-15(11)10(8)5-6-14(2,22-13)23-24-15/h8,10-11,13H,3-7H2,1-2H3/t8-,10+,11+,13-,14?,15?/m1/s1. The van der Waals surface area contributed by atoms with Crippen LogP contribution in [-0.4, -0.2) is 29.2 Å². The lowest BCUT2D eigenvalue weighted by molar-refractivity contribution is -0.557. The van der Waals surface area contributed by atoms with E-state index in [-0.39, 0.29) is 16.8 Å². The van der Waals surface area contributed by atoms with E-state index in [1.165, 1.54) is 0 Å². The van der Waals surface area contributed by atoms with Gasteiger partial charge in [-0.25, -0.2) is 9.78 Å². The van der Waals surface area contributed by atoms with Gasteiger partial charge in [-0.1, -0.05) is 22.9 Å². The number of halogens is 4. The highest BCUT2D eigenvalue weighted by atomic mass is 79.9. The van der Waals surface area contributed by atoms with Crippen LogP contribution in [0.1, 0.15) is 39.5 Å². The normalized spacial score (nSPS) is 47.9. The summed E-state index contributed by atoms with van der Waals surface area (Å²) in [6.07, 6.45) is -2.85. The predicted molar refractivity (Wildman–Crippen MR) is 80.8 cm³/mol. The van der Waals surface area contributed by atoms with E-state index in [0.29, 0.717) is 18.8 Å². The second-order valence-corrected chi connectivity index (χ2v) is 8.02. The molecule has 6 atom stereocenters.